The zero-order chi connectivity index (χ0) is 18.4. The van der Waals surface area contributed by atoms with Crippen molar-refractivity contribution in [2.45, 2.75) is 51.8 Å². The Balaban J connectivity index is 2.03. The normalized spacial score (nSPS) is 19.3. The van der Waals surface area contributed by atoms with Gasteiger partial charge in [0.1, 0.15) is 11.6 Å². The summed E-state index contributed by atoms with van der Waals surface area (Å²) in [6, 6.07) is 9.10. The van der Waals surface area contributed by atoms with Crippen molar-refractivity contribution >= 4 is 12.1 Å². The van der Waals surface area contributed by atoms with Gasteiger partial charge >= 0.3 is 12.1 Å². The predicted octanol–water partition coefficient (Wildman–Crippen LogP) is 2.89. The number of esters is 1. The Hall–Kier alpha value is -2.08. The number of hydrogen-bond acceptors (Lipinski definition) is 5. The Bertz CT molecular complexity index is 583. The summed E-state index contributed by atoms with van der Waals surface area (Å²) in [5.74, 6) is -0.258. The molecule has 0 aromatic heterocycles. The highest BCUT2D eigenvalue weighted by atomic mass is 16.6. The van der Waals surface area contributed by atoms with Gasteiger partial charge in [0.25, 0.3) is 0 Å². The maximum atomic E-state index is 12.5. The van der Waals surface area contributed by atoms with E-state index in [9.17, 15) is 9.59 Å². The number of ether oxygens (including phenoxy) is 2. The molecule has 2 atom stereocenters. The molecule has 1 saturated heterocycles. The van der Waals surface area contributed by atoms with Crippen LogP contribution in [0.1, 0.15) is 45.7 Å². The van der Waals surface area contributed by atoms with Crippen LogP contribution in [0.15, 0.2) is 30.3 Å². The number of amides is 1. The number of hydrogen-bond donors (Lipinski definition) is 1. The van der Waals surface area contributed by atoms with Gasteiger partial charge in [-0.3, -0.25) is 4.90 Å². The minimum absolute atomic E-state index is 0.0458. The van der Waals surface area contributed by atoms with Gasteiger partial charge in [-0.25, -0.2) is 9.59 Å². The quantitative estimate of drug-likeness (QED) is 0.829. The van der Waals surface area contributed by atoms with Crippen LogP contribution in [0.5, 0.6) is 0 Å². The van der Waals surface area contributed by atoms with Crippen LogP contribution in [0.2, 0.25) is 0 Å². The largest absolute Gasteiger partial charge is 0.465 e. The van der Waals surface area contributed by atoms with Gasteiger partial charge < -0.3 is 14.8 Å². The Labute approximate surface area is 149 Å². The highest BCUT2D eigenvalue weighted by Crippen LogP contribution is 2.26. The lowest BCUT2D eigenvalue weighted by Gasteiger charge is -2.26. The fraction of sp³-hybridized carbons (Fsp3) is 0.579. The number of likely N-dealkylation sites (tertiary alicyclic amines) is 1. The van der Waals surface area contributed by atoms with Gasteiger partial charge in [-0.05, 0) is 39.7 Å². The molecule has 1 heterocycles. The van der Waals surface area contributed by atoms with E-state index in [1.165, 1.54) is 0 Å². The Morgan fingerprint density at radius 3 is 2.56 bits per heavy atom. The zero-order valence-corrected chi connectivity index (χ0v) is 15.5. The Morgan fingerprint density at radius 2 is 1.96 bits per heavy atom. The van der Waals surface area contributed by atoms with E-state index in [-0.39, 0.29) is 12.0 Å². The number of nitrogens with zero attached hydrogens (tertiary/aromatic N) is 1. The molecule has 1 fully saturated rings. The van der Waals surface area contributed by atoms with Gasteiger partial charge in [0.05, 0.1) is 6.61 Å². The number of benzene rings is 1. The van der Waals surface area contributed by atoms with Crippen LogP contribution in [0.3, 0.4) is 0 Å². The van der Waals surface area contributed by atoms with Crippen molar-refractivity contribution in [3.05, 3.63) is 35.9 Å². The molecule has 1 aromatic rings. The third-order valence-electron chi connectivity index (χ3n) is 3.93. The van der Waals surface area contributed by atoms with Crippen LogP contribution in [0.4, 0.5) is 4.79 Å². The summed E-state index contributed by atoms with van der Waals surface area (Å²) in [6.07, 6.45) is 0.342. The second-order valence-electron chi connectivity index (χ2n) is 7.19. The molecule has 1 aliphatic rings. The highest BCUT2D eigenvalue weighted by Gasteiger charge is 2.35. The molecule has 6 nitrogen and oxygen atoms in total. The monoisotopic (exact) mass is 348 g/mol. The first-order chi connectivity index (χ1) is 11.8. The summed E-state index contributed by atoms with van der Waals surface area (Å²) < 4.78 is 10.6. The predicted molar refractivity (Wildman–Crippen MR) is 95.2 cm³/mol. The average molecular weight is 348 g/mol. The first-order valence-corrected chi connectivity index (χ1v) is 8.75. The molecule has 2 rings (SSSR count). The van der Waals surface area contributed by atoms with Crippen molar-refractivity contribution in [2.24, 2.45) is 0 Å². The number of alkyl carbamates (subject to hydrolysis) is 1. The fourth-order valence-corrected chi connectivity index (χ4v) is 2.97. The summed E-state index contributed by atoms with van der Waals surface area (Å²) >= 11 is 0. The topological polar surface area (TPSA) is 67.9 Å². The molecule has 138 valence electrons. The van der Waals surface area contributed by atoms with E-state index in [2.05, 4.69) is 10.2 Å². The van der Waals surface area contributed by atoms with E-state index in [0.717, 1.165) is 12.0 Å². The van der Waals surface area contributed by atoms with Crippen molar-refractivity contribution in [3.8, 4) is 0 Å². The lowest BCUT2D eigenvalue weighted by molar-refractivity contribution is -0.149. The first kappa shape index (κ1) is 19.2. The minimum Gasteiger partial charge on any atom is -0.465 e. The molecule has 0 spiro atoms. The molecule has 0 bridgehead atoms. The van der Waals surface area contributed by atoms with Crippen molar-refractivity contribution in [1.82, 2.24) is 10.2 Å². The third-order valence-corrected chi connectivity index (χ3v) is 3.93. The van der Waals surface area contributed by atoms with Gasteiger partial charge in [-0.1, -0.05) is 30.3 Å². The van der Waals surface area contributed by atoms with Gasteiger partial charge in [0.15, 0.2) is 0 Å². The minimum atomic E-state index is -0.528. The second kappa shape index (κ2) is 8.34. The summed E-state index contributed by atoms with van der Waals surface area (Å²) in [7, 11) is 0. The van der Waals surface area contributed by atoms with Crippen LogP contribution in [0.25, 0.3) is 0 Å². The molecule has 25 heavy (non-hydrogen) atoms. The third kappa shape index (κ3) is 5.74. The number of carbonyl (C=O) groups is 2. The van der Waals surface area contributed by atoms with Crippen molar-refractivity contribution in [3.63, 3.8) is 0 Å². The first-order valence-electron chi connectivity index (χ1n) is 8.75. The molecular formula is C19H28N2O4. The van der Waals surface area contributed by atoms with Crippen molar-refractivity contribution in [1.29, 1.82) is 0 Å². The summed E-state index contributed by atoms with van der Waals surface area (Å²) in [4.78, 5) is 26.5. The van der Waals surface area contributed by atoms with Crippen LogP contribution >= 0.6 is 0 Å². The van der Waals surface area contributed by atoms with E-state index >= 15 is 0 Å². The van der Waals surface area contributed by atoms with E-state index in [4.69, 9.17) is 9.47 Å². The Morgan fingerprint density at radius 1 is 1.28 bits per heavy atom. The molecule has 1 N–H and O–H groups in total. The van der Waals surface area contributed by atoms with E-state index in [1.807, 2.05) is 51.1 Å². The average Bonchev–Trinajstić information content (AvgIpc) is 2.94. The molecule has 1 aromatic carbocycles. The maximum absolute atomic E-state index is 12.5. The fourth-order valence-electron chi connectivity index (χ4n) is 2.97. The van der Waals surface area contributed by atoms with Crippen LogP contribution in [-0.2, 0) is 14.3 Å². The maximum Gasteiger partial charge on any atom is 0.407 e. The SMILES string of the molecule is CCOC(=O)C(c1ccccc1)N1CC[C@@H](NC(=O)OC(C)(C)C)C1. The molecule has 0 saturated carbocycles. The lowest BCUT2D eigenvalue weighted by Crippen LogP contribution is -2.41. The van der Waals surface area contributed by atoms with E-state index < -0.39 is 17.7 Å². The van der Waals surface area contributed by atoms with E-state index in [0.29, 0.717) is 19.7 Å². The van der Waals surface area contributed by atoms with Gasteiger partial charge in [-0.15, -0.1) is 0 Å². The van der Waals surface area contributed by atoms with Crippen LogP contribution in [0, 0.1) is 0 Å². The van der Waals surface area contributed by atoms with Gasteiger partial charge in [0.2, 0.25) is 0 Å². The molecule has 0 aliphatic carbocycles. The molecule has 0 radical (unpaired) electrons. The molecule has 1 aliphatic heterocycles. The number of carbonyl (C=O) groups excluding carboxylic acids is 2. The molecule has 1 amide bonds. The Kier molecular flexibility index (Phi) is 6.42. The molecular weight excluding hydrogens is 320 g/mol. The second-order valence-corrected chi connectivity index (χ2v) is 7.19. The molecule has 1 unspecified atom stereocenters. The standard InChI is InChI=1S/C19H28N2O4/c1-5-24-17(22)16(14-9-7-6-8-10-14)21-12-11-15(13-21)20-18(23)25-19(2,3)4/h6-10,15-16H,5,11-13H2,1-4H3,(H,20,23)/t15-,16?/m1/s1. The summed E-state index contributed by atoms with van der Waals surface area (Å²) in [5, 5.41) is 2.89. The highest BCUT2D eigenvalue weighted by molar-refractivity contribution is 5.77. The smallest absolute Gasteiger partial charge is 0.407 e. The zero-order valence-electron chi connectivity index (χ0n) is 15.5. The number of rotatable bonds is 5. The lowest BCUT2D eigenvalue weighted by atomic mass is 10.1. The number of nitrogens with one attached hydrogen (secondary N) is 1. The van der Waals surface area contributed by atoms with Crippen molar-refractivity contribution < 1.29 is 19.1 Å². The van der Waals surface area contributed by atoms with Crippen molar-refractivity contribution in [2.75, 3.05) is 19.7 Å². The van der Waals surface area contributed by atoms with Gasteiger partial charge in [-0.2, -0.15) is 0 Å². The molecule has 6 heteroatoms. The van der Waals surface area contributed by atoms with Gasteiger partial charge in [0, 0.05) is 19.1 Å². The summed E-state index contributed by atoms with van der Waals surface area (Å²) in [5.41, 5.74) is 0.374. The summed E-state index contributed by atoms with van der Waals surface area (Å²) in [6.45, 7) is 8.93. The van der Waals surface area contributed by atoms with Crippen LogP contribution in [-0.4, -0.2) is 48.3 Å². The van der Waals surface area contributed by atoms with Crippen LogP contribution < -0.4 is 5.32 Å². The van der Waals surface area contributed by atoms with E-state index in [1.54, 1.807) is 6.92 Å².